The van der Waals surface area contributed by atoms with Gasteiger partial charge in [0.2, 0.25) is 0 Å². The molecule has 0 spiro atoms. The summed E-state index contributed by atoms with van der Waals surface area (Å²) in [5.41, 5.74) is 6.00. The zero-order valence-electron chi connectivity index (χ0n) is 7.02. The van der Waals surface area contributed by atoms with Crippen LogP contribution in [0.3, 0.4) is 0 Å². The lowest BCUT2D eigenvalue weighted by atomic mass is 10.1. The smallest absolute Gasteiger partial charge is 0.266 e. The molecule has 0 radical (unpaired) electrons. The molecule has 0 fully saturated rings. The zero-order chi connectivity index (χ0) is 10.0. The van der Waals surface area contributed by atoms with Crippen LogP contribution in [0.15, 0.2) is 6.20 Å². The van der Waals surface area contributed by atoms with Crippen LogP contribution in [0.5, 0.6) is 0 Å². The number of nitrogens with two attached hydrogens (primary N) is 1. The minimum Gasteiger partial charge on any atom is -0.397 e. The first-order valence-corrected chi connectivity index (χ1v) is 4.19. The van der Waals surface area contributed by atoms with Crippen LogP contribution in [0.1, 0.15) is 23.2 Å². The number of hydrogen-bond acceptors (Lipinski definition) is 2. The van der Waals surface area contributed by atoms with Crippen LogP contribution in [0.4, 0.5) is 14.5 Å². The van der Waals surface area contributed by atoms with E-state index in [9.17, 15) is 8.78 Å². The van der Waals surface area contributed by atoms with Crippen molar-refractivity contribution < 1.29 is 8.78 Å². The van der Waals surface area contributed by atoms with Gasteiger partial charge in [0.25, 0.3) is 6.43 Å². The summed E-state index contributed by atoms with van der Waals surface area (Å²) < 4.78 is 25.0. The number of pyridine rings is 1. The van der Waals surface area contributed by atoms with Crippen molar-refractivity contribution in [1.29, 1.82) is 0 Å². The first-order valence-electron chi connectivity index (χ1n) is 3.66. The zero-order valence-corrected chi connectivity index (χ0v) is 7.78. The molecule has 0 aliphatic heterocycles. The topological polar surface area (TPSA) is 38.9 Å². The molecule has 0 aliphatic rings. The molecule has 0 amide bonds. The van der Waals surface area contributed by atoms with Gasteiger partial charge < -0.3 is 5.73 Å². The molecule has 0 bridgehead atoms. The monoisotopic (exact) mass is 206 g/mol. The van der Waals surface area contributed by atoms with E-state index in [4.69, 9.17) is 17.3 Å². The van der Waals surface area contributed by atoms with Gasteiger partial charge >= 0.3 is 0 Å². The van der Waals surface area contributed by atoms with Gasteiger partial charge in [0, 0.05) is 17.1 Å². The fraction of sp³-hybridized carbons (Fsp3) is 0.375. The molecule has 0 saturated carbocycles. The van der Waals surface area contributed by atoms with Gasteiger partial charge in [-0.05, 0) is 12.5 Å². The van der Waals surface area contributed by atoms with Crippen LogP contribution in [-0.4, -0.2) is 4.98 Å². The van der Waals surface area contributed by atoms with Gasteiger partial charge in [0.1, 0.15) is 0 Å². The highest BCUT2D eigenvalue weighted by molar-refractivity contribution is 6.17. The average molecular weight is 207 g/mol. The Morgan fingerprint density at radius 2 is 2.23 bits per heavy atom. The predicted octanol–water partition coefficient (Wildman–Crippen LogP) is 2.65. The van der Waals surface area contributed by atoms with Crippen LogP contribution in [0, 0.1) is 6.92 Å². The highest BCUT2D eigenvalue weighted by Gasteiger charge is 2.18. The first-order chi connectivity index (χ1) is 6.07. The summed E-state index contributed by atoms with van der Waals surface area (Å²) in [6, 6.07) is 0. The van der Waals surface area contributed by atoms with E-state index in [0.717, 1.165) is 0 Å². The summed E-state index contributed by atoms with van der Waals surface area (Å²) in [6.45, 7) is 1.63. The van der Waals surface area contributed by atoms with Crippen molar-refractivity contribution in [2.75, 3.05) is 5.73 Å². The van der Waals surface area contributed by atoms with Gasteiger partial charge in [0.15, 0.2) is 0 Å². The fourth-order valence-corrected chi connectivity index (χ4v) is 1.45. The quantitative estimate of drug-likeness (QED) is 0.756. The van der Waals surface area contributed by atoms with Crippen molar-refractivity contribution in [3.63, 3.8) is 0 Å². The summed E-state index contributed by atoms with van der Waals surface area (Å²) in [7, 11) is 0. The molecule has 2 nitrogen and oxygen atoms in total. The van der Waals surface area contributed by atoms with E-state index >= 15 is 0 Å². The SMILES string of the molecule is Cc1ncc(N)c(C(F)F)c1CCl. The second kappa shape index (κ2) is 3.87. The third kappa shape index (κ3) is 1.88. The van der Waals surface area contributed by atoms with Crippen LogP contribution in [0.25, 0.3) is 0 Å². The molecule has 5 heteroatoms. The molecular weight excluding hydrogens is 198 g/mol. The van der Waals surface area contributed by atoms with Crippen LogP contribution in [0.2, 0.25) is 0 Å². The lowest BCUT2D eigenvalue weighted by Crippen LogP contribution is -2.03. The molecule has 0 saturated heterocycles. The Balaban J connectivity index is 3.35. The molecule has 0 atom stereocenters. The van der Waals surface area contributed by atoms with Crippen molar-refractivity contribution >= 4 is 17.3 Å². The molecule has 1 rings (SSSR count). The maximum absolute atomic E-state index is 12.5. The number of nitrogens with zero attached hydrogens (tertiary/aromatic N) is 1. The summed E-state index contributed by atoms with van der Waals surface area (Å²) in [4.78, 5) is 3.85. The number of aromatic nitrogens is 1. The van der Waals surface area contributed by atoms with E-state index in [0.29, 0.717) is 11.3 Å². The second-order valence-corrected chi connectivity index (χ2v) is 2.89. The van der Waals surface area contributed by atoms with Crippen molar-refractivity contribution in [1.82, 2.24) is 4.98 Å². The predicted molar refractivity (Wildman–Crippen MR) is 47.9 cm³/mol. The minimum absolute atomic E-state index is 0.00347. The largest absolute Gasteiger partial charge is 0.397 e. The molecular formula is C8H9ClF2N2. The van der Waals surface area contributed by atoms with Gasteiger partial charge in [-0.2, -0.15) is 0 Å². The van der Waals surface area contributed by atoms with Crippen molar-refractivity contribution in [2.45, 2.75) is 19.2 Å². The maximum Gasteiger partial charge on any atom is 0.266 e. The Morgan fingerprint density at radius 1 is 1.62 bits per heavy atom. The van der Waals surface area contributed by atoms with Gasteiger partial charge in [-0.3, -0.25) is 4.98 Å². The molecule has 1 aromatic rings. The van der Waals surface area contributed by atoms with Crippen molar-refractivity contribution in [2.24, 2.45) is 0 Å². The Bertz CT molecular complexity index is 315. The van der Waals surface area contributed by atoms with Gasteiger partial charge in [-0.15, -0.1) is 11.6 Å². The number of anilines is 1. The number of hydrogen-bond donors (Lipinski definition) is 1. The fourth-order valence-electron chi connectivity index (χ4n) is 1.11. The van der Waals surface area contributed by atoms with Crippen LogP contribution < -0.4 is 5.73 Å². The Hall–Kier alpha value is -0.900. The summed E-state index contributed by atoms with van der Waals surface area (Å²) >= 11 is 5.52. The van der Waals surface area contributed by atoms with E-state index in [-0.39, 0.29) is 17.1 Å². The number of rotatable bonds is 2. The number of alkyl halides is 3. The molecule has 2 N–H and O–H groups in total. The average Bonchev–Trinajstić information content (AvgIpc) is 2.07. The molecule has 72 valence electrons. The Morgan fingerprint density at radius 3 is 2.62 bits per heavy atom. The minimum atomic E-state index is -2.60. The van der Waals surface area contributed by atoms with Gasteiger partial charge in [-0.25, -0.2) is 8.78 Å². The van der Waals surface area contributed by atoms with E-state index in [2.05, 4.69) is 4.98 Å². The lowest BCUT2D eigenvalue weighted by Gasteiger charge is -2.10. The highest BCUT2D eigenvalue weighted by atomic mass is 35.5. The summed E-state index contributed by atoms with van der Waals surface area (Å²) in [6.07, 6.45) is -1.37. The van der Waals surface area contributed by atoms with E-state index in [1.807, 2.05) is 0 Å². The van der Waals surface area contributed by atoms with Gasteiger partial charge in [-0.1, -0.05) is 0 Å². The summed E-state index contributed by atoms with van der Waals surface area (Å²) in [5.74, 6) is 0.00352. The Kier molecular flexibility index (Phi) is 3.03. The molecule has 0 unspecified atom stereocenters. The van der Waals surface area contributed by atoms with Crippen molar-refractivity contribution in [3.05, 3.63) is 23.0 Å². The second-order valence-electron chi connectivity index (χ2n) is 2.63. The lowest BCUT2D eigenvalue weighted by molar-refractivity contribution is 0.151. The first kappa shape index (κ1) is 10.2. The number of aryl methyl sites for hydroxylation is 1. The van der Waals surface area contributed by atoms with E-state index < -0.39 is 6.43 Å². The van der Waals surface area contributed by atoms with Crippen LogP contribution in [-0.2, 0) is 5.88 Å². The maximum atomic E-state index is 12.5. The van der Waals surface area contributed by atoms with Crippen molar-refractivity contribution in [3.8, 4) is 0 Å². The van der Waals surface area contributed by atoms with E-state index in [1.54, 1.807) is 6.92 Å². The standard InChI is InChI=1S/C8H9ClF2N2/c1-4-5(2-9)7(8(10)11)6(12)3-13-4/h3,8H,2,12H2,1H3. The van der Waals surface area contributed by atoms with E-state index in [1.165, 1.54) is 6.20 Å². The van der Waals surface area contributed by atoms with Gasteiger partial charge in [0.05, 0.1) is 11.9 Å². The normalized spacial score (nSPS) is 10.8. The molecule has 0 aliphatic carbocycles. The molecule has 1 aromatic heterocycles. The summed E-state index contributed by atoms with van der Waals surface area (Å²) in [5, 5.41) is 0. The third-order valence-corrected chi connectivity index (χ3v) is 2.09. The third-order valence-electron chi connectivity index (χ3n) is 1.82. The number of nitrogen functional groups attached to an aromatic ring is 1. The Labute approximate surface area is 79.7 Å². The van der Waals surface area contributed by atoms with Crippen LogP contribution >= 0.6 is 11.6 Å². The highest BCUT2D eigenvalue weighted by Crippen LogP contribution is 2.30. The molecule has 13 heavy (non-hydrogen) atoms. The molecule has 0 aromatic carbocycles. The molecule has 1 heterocycles. The number of halogens is 3.